The number of amides is 1. The maximum absolute atomic E-state index is 14.7. The summed E-state index contributed by atoms with van der Waals surface area (Å²) in [6, 6.07) is 12.4. The summed E-state index contributed by atoms with van der Waals surface area (Å²) in [6.45, 7) is 16.8. The lowest BCUT2D eigenvalue weighted by Gasteiger charge is -2.30. The molecule has 0 radical (unpaired) electrons. The third-order valence-electron chi connectivity index (χ3n) is 8.03. The van der Waals surface area contributed by atoms with Gasteiger partial charge in [0.15, 0.2) is 11.6 Å². The van der Waals surface area contributed by atoms with Crippen LogP contribution in [-0.4, -0.2) is 64.0 Å². The zero-order valence-corrected chi connectivity index (χ0v) is 28.6. The molecule has 0 N–H and O–H groups in total. The van der Waals surface area contributed by atoms with E-state index in [0.29, 0.717) is 24.8 Å². The monoisotopic (exact) mass is 633 g/mol. The number of allylic oxidation sites excluding steroid dienone is 1. The standard InChI is InChI=1S/C38H51NO7/c1-9-11-20-32(40)35(43)26(15-10-2)21-33(41)31-22-27(45-37(3,4)5)24-39(31)36(44)30(23-34(42)46-38(6,7)8)29-19-14-17-25-16-12-13-18-28(25)29/h9,12-14,16-19,26-27,30-31H,1,10-11,15,20-24H2,2-8H3/t26?,27?,30?,31-/m0/s1. The molecule has 2 aromatic rings. The van der Waals surface area contributed by atoms with Gasteiger partial charge in [-0.15, -0.1) is 6.58 Å². The molecule has 1 saturated heterocycles. The van der Waals surface area contributed by atoms with Crippen molar-refractivity contribution in [3.63, 3.8) is 0 Å². The fourth-order valence-electron chi connectivity index (χ4n) is 6.20. The van der Waals surface area contributed by atoms with Gasteiger partial charge in [-0.3, -0.25) is 24.0 Å². The zero-order valence-electron chi connectivity index (χ0n) is 28.6. The van der Waals surface area contributed by atoms with Crippen LogP contribution < -0.4 is 0 Å². The quantitative estimate of drug-likeness (QED) is 0.119. The second-order valence-corrected chi connectivity index (χ2v) is 14.3. The van der Waals surface area contributed by atoms with Crippen molar-refractivity contribution in [2.75, 3.05) is 6.54 Å². The number of nitrogens with zero attached hydrogens (tertiary/aromatic N) is 1. The van der Waals surface area contributed by atoms with E-state index in [1.54, 1.807) is 26.8 Å². The third kappa shape index (κ3) is 10.2. The van der Waals surface area contributed by atoms with Crippen molar-refractivity contribution in [1.29, 1.82) is 0 Å². The molecule has 4 atom stereocenters. The highest BCUT2D eigenvalue weighted by Crippen LogP contribution is 2.35. The smallest absolute Gasteiger partial charge is 0.307 e. The van der Waals surface area contributed by atoms with Crippen LogP contribution in [0.15, 0.2) is 55.1 Å². The Kier molecular flexibility index (Phi) is 12.6. The molecule has 8 heteroatoms. The Morgan fingerprint density at radius 1 is 0.957 bits per heavy atom. The lowest BCUT2D eigenvalue weighted by atomic mass is 9.86. The molecule has 1 amide bonds. The van der Waals surface area contributed by atoms with Crippen molar-refractivity contribution >= 4 is 40.0 Å². The molecule has 0 bridgehead atoms. The van der Waals surface area contributed by atoms with Gasteiger partial charge in [0.05, 0.1) is 30.1 Å². The minimum Gasteiger partial charge on any atom is -0.460 e. The number of likely N-dealkylation sites (tertiary alicyclic amines) is 1. The molecule has 8 nitrogen and oxygen atoms in total. The summed E-state index contributed by atoms with van der Waals surface area (Å²) in [7, 11) is 0. The van der Waals surface area contributed by atoms with E-state index in [1.165, 1.54) is 4.90 Å². The lowest BCUT2D eigenvalue weighted by molar-refractivity contribution is -0.157. The number of ketones is 3. The summed E-state index contributed by atoms with van der Waals surface area (Å²) in [5.41, 5.74) is -0.598. The van der Waals surface area contributed by atoms with Gasteiger partial charge < -0.3 is 14.4 Å². The molecule has 46 heavy (non-hydrogen) atoms. The summed E-state index contributed by atoms with van der Waals surface area (Å²) < 4.78 is 11.9. The number of carbonyl (C=O) groups excluding carboxylic acids is 5. The highest BCUT2D eigenvalue weighted by atomic mass is 16.6. The van der Waals surface area contributed by atoms with Gasteiger partial charge >= 0.3 is 5.97 Å². The Labute approximate surface area is 273 Å². The molecule has 2 aromatic carbocycles. The van der Waals surface area contributed by atoms with Crippen molar-refractivity contribution in [3.8, 4) is 0 Å². The fourth-order valence-corrected chi connectivity index (χ4v) is 6.20. The SMILES string of the molecule is C=CCCC(=O)C(=O)C(CCC)CC(=O)[C@@H]1CC(OC(C)(C)C)CN1C(=O)C(CC(=O)OC(C)(C)C)c1cccc2ccccc12. The van der Waals surface area contributed by atoms with Crippen molar-refractivity contribution in [1.82, 2.24) is 4.90 Å². The number of hydrogen-bond acceptors (Lipinski definition) is 7. The van der Waals surface area contributed by atoms with Gasteiger partial charge in [0.25, 0.3) is 0 Å². The first-order valence-corrected chi connectivity index (χ1v) is 16.4. The molecule has 0 aromatic heterocycles. The van der Waals surface area contributed by atoms with E-state index < -0.39 is 52.7 Å². The molecule has 1 aliphatic heterocycles. The van der Waals surface area contributed by atoms with Gasteiger partial charge in [0.1, 0.15) is 5.60 Å². The van der Waals surface area contributed by atoms with Gasteiger partial charge in [-0.25, -0.2) is 0 Å². The van der Waals surface area contributed by atoms with Gasteiger partial charge in [-0.1, -0.05) is 61.9 Å². The van der Waals surface area contributed by atoms with Gasteiger partial charge in [-0.2, -0.15) is 0 Å². The van der Waals surface area contributed by atoms with Crippen molar-refractivity contribution in [2.24, 2.45) is 5.92 Å². The van der Waals surface area contributed by atoms with Crippen LogP contribution in [0.2, 0.25) is 0 Å². The Hall–Kier alpha value is -3.65. The van der Waals surface area contributed by atoms with Crippen molar-refractivity contribution < 1.29 is 33.4 Å². The second kappa shape index (κ2) is 15.8. The number of rotatable bonds is 15. The maximum Gasteiger partial charge on any atom is 0.307 e. The van der Waals surface area contributed by atoms with E-state index >= 15 is 0 Å². The molecule has 1 heterocycles. The molecular weight excluding hydrogens is 582 g/mol. The average Bonchev–Trinajstić information content (AvgIpc) is 3.39. The van der Waals surface area contributed by atoms with Crippen LogP contribution in [0.5, 0.6) is 0 Å². The van der Waals surface area contributed by atoms with E-state index in [9.17, 15) is 24.0 Å². The van der Waals surface area contributed by atoms with E-state index in [0.717, 1.165) is 10.8 Å². The minimum atomic E-state index is -0.918. The molecule has 0 spiro atoms. The Balaban J connectivity index is 2.02. The van der Waals surface area contributed by atoms with Crippen LogP contribution in [0.3, 0.4) is 0 Å². The number of ether oxygens (including phenoxy) is 2. The topological polar surface area (TPSA) is 107 Å². The predicted molar refractivity (Wildman–Crippen MR) is 179 cm³/mol. The van der Waals surface area contributed by atoms with Crippen LogP contribution in [0.25, 0.3) is 10.8 Å². The Bertz CT molecular complexity index is 1430. The Morgan fingerprint density at radius 3 is 2.26 bits per heavy atom. The summed E-state index contributed by atoms with van der Waals surface area (Å²) in [4.78, 5) is 69.2. The highest BCUT2D eigenvalue weighted by molar-refractivity contribution is 6.38. The molecule has 3 rings (SSSR count). The molecule has 3 unspecified atom stereocenters. The van der Waals surface area contributed by atoms with Crippen LogP contribution in [0, 0.1) is 5.92 Å². The largest absolute Gasteiger partial charge is 0.460 e. The van der Waals surface area contributed by atoms with Gasteiger partial charge in [0, 0.05) is 31.7 Å². The first kappa shape index (κ1) is 36.8. The average molecular weight is 634 g/mol. The molecular formula is C38H51NO7. The first-order chi connectivity index (χ1) is 21.5. The summed E-state index contributed by atoms with van der Waals surface area (Å²) in [5, 5.41) is 1.76. The van der Waals surface area contributed by atoms with E-state index in [1.807, 2.05) is 70.2 Å². The summed E-state index contributed by atoms with van der Waals surface area (Å²) in [6.07, 6.45) is 2.53. The zero-order chi connectivity index (χ0) is 34.2. The molecule has 0 saturated carbocycles. The number of esters is 1. The minimum absolute atomic E-state index is 0.0592. The van der Waals surface area contributed by atoms with Crippen LogP contribution in [0.1, 0.15) is 105 Å². The number of hydrogen-bond donors (Lipinski definition) is 0. The Morgan fingerprint density at radius 2 is 1.63 bits per heavy atom. The van der Waals surface area contributed by atoms with E-state index in [-0.39, 0.29) is 43.9 Å². The third-order valence-corrected chi connectivity index (χ3v) is 8.03. The molecule has 1 aliphatic rings. The van der Waals surface area contributed by atoms with Crippen LogP contribution in [0.4, 0.5) is 0 Å². The summed E-state index contributed by atoms with van der Waals surface area (Å²) in [5.74, 6) is -3.91. The van der Waals surface area contributed by atoms with E-state index in [4.69, 9.17) is 9.47 Å². The number of benzene rings is 2. The van der Waals surface area contributed by atoms with Crippen molar-refractivity contribution in [3.05, 3.63) is 60.7 Å². The number of Topliss-reactive ketones (excluding diaryl/α,β-unsaturated/α-hetero) is 3. The molecule has 0 aliphatic carbocycles. The van der Waals surface area contributed by atoms with E-state index in [2.05, 4.69) is 6.58 Å². The maximum atomic E-state index is 14.7. The number of fused-ring (bicyclic) bond motifs is 1. The van der Waals surface area contributed by atoms with Gasteiger partial charge in [-0.05, 0) is 70.7 Å². The normalized spacial score (nSPS) is 18.2. The molecule has 250 valence electrons. The van der Waals surface area contributed by atoms with Crippen molar-refractivity contribution in [2.45, 2.75) is 123 Å². The van der Waals surface area contributed by atoms with Gasteiger partial charge in [0.2, 0.25) is 11.7 Å². The molecule has 1 fully saturated rings. The predicted octanol–water partition coefficient (Wildman–Crippen LogP) is 6.92. The highest BCUT2D eigenvalue weighted by Gasteiger charge is 2.45. The van der Waals surface area contributed by atoms with Crippen LogP contribution >= 0.6 is 0 Å². The second-order valence-electron chi connectivity index (χ2n) is 14.3. The fraction of sp³-hybridized carbons (Fsp3) is 0.553. The number of carbonyl (C=O) groups is 5. The summed E-state index contributed by atoms with van der Waals surface area (Å²) >= 11 is 0. The lowest BCUT2D eigenvalue weighted by Crippen LogP contribution is -2.44. The van der Waals surface area contributed by atoms with Crippen LogP contribution in [-0.2, 0) is 33.4 Å². The first-order valence-electron chi connectivity index (χ1n) is 16.4.